The van der Waals surface area contributed by atoms with Crippen LogP contribution >= 0.6 is 12.2 Å². The standard InChI is InChI=1S/C18H16N2O2S/c21-17-16(19-18(23)20-17)12-14-7-4-8-15(11-14)22-10-9-13-5-2-1-3-6-13/h1-8,11-12H,9-10H2,(H2,19,20,21,23)/b16-12+. The first-order valence-corrected chi connectivity index (χ1v) is 7.72. The fraction of sp³-hybridized carbons (Fsp3) is 0.111. The van der Waals surface area contributed by atoms with Gasteiger partial charge in [-0.15, -0.1) is 0 Å². The van der Waals surface area contributed by atoms with Gasteiger partial charge >= 0.3 is 0 Å². The van der Waals surface area contributed by atoms with Gasteiger partial charge in [-0.3, -0.25) is 10.1 Å². The van der Waals surface area contributed by atoms with Crippen LogP contribution in [-0.2, 0) is 11.2 Å². The number of carbonyl (C=O) groups is 1. The second-order valence-corrected chi connectivity index (χ2v) is 5.53. The molecule has 1 amide bonds. The first-order chi connectivity index (χ1) is 11.2. The van der Waals surface area contributed by atoms with Crippen molar-refractivity contribution in [2.75, 3.05) is 6.61 Å². The van der Waals surface area contributed by atoms with Gasteiger partial charge in [0, 0.05) is 6.42 Å². The van der Waals surface area contributed by atoms with Crippen LogP contribution in [0.4, 0.5) is 0 Å². The third kappa shape index (κ3) is 4.17. The zero-order valence-electron chi connectivity index (χ0n) is 12.4. The number of hydrogen-bond acceptors (Lipinski definition) is 3. The van der Waals surface area contributed by atoms with Crippen molar-refractivity contribution in [1.82, 2.24) is 10.6 Å². The molecule has 0 radical (unpaired) electrons. The van der Waals surface area contributed by atoms with Gasteiger partial charge in [-0.05, 0) is 41.6 Å². The van der Waals surface area contributed by atoms with Crippen molar-refractivity contribution in [2.45, 2.75) is 6.42 Å². The van der Waals surface area contributed by atoms with Crippen molar-refractivity contribution in [3.8, 4) is 5.75 Å². The van der Waals surface area contributed by atoms with Crippen LogP contribution in [0.1, 0.15) is 11.1 Å². The lowest BCUT2D eigenvalue weighted by molar-refractivity contribution is -0.115. The molecule has 116 valence electrons. The molecule has 5 heteroatoms. The first kappa shape index (κ1) is 15.2. The van der Waals surface area contributed by atoms with Crippen LogP contribution in [0.2, 0.25) is 0 Å². The van der Waals surface area contributed by atoms with E-state index in [4.69, 9.17) is 17.0 Å². The van der Waals surface area contributed by atoms with E-state index in [-0.39, 0.29) is 5.91 Å². The molecule has 1 heterocycles. The molecule has 0 aromatic heterocycles. The van der Waals surface area contributed by atoms with Gasteiger partial charge in [0.15, 0.2) is 5.11 Å². The minimum Gasteiger partial charge on any atom is -0.493 e. The molecule has 0 atom stereocenters. The lowest BCUT2D eigenvalue weighted by atomic mass is 10.1. The molecule has 0 saturated carbocycles. The number of nitrogens with one attached hydrogen (secondary N) is 2. The van der Waals surface area contributed by atoms with Crippen LogP contribution in [0.25, 0.3) is 6.08 Å². The summed E-state index contributed by atoms with van der Waals surface area (Å²) in [4.78, 5) is 11.6. The fourth-order valence-corrected chi connectivity index (χ4v) is 2.48. The Morgan fingerprint density at radius 2 is 1.87 bits per heavy atom. The average molecular weight is 324 g/mol. The van der Waals surface area contributed by atoms with E-state index < -0.39 is 0 Å². The zero-order valence-corrected chi connectivity index (χ0v) is 13.2. The Balaban J connectivity index is 1.62. The van der Waals surface area contributed by atoms with Crippen molar-refractivity contribution in [3.63, 3.8) is 0 Å². The molecule has 1 aliphatic heterocycles. The van der Waals surface area contributed by atoms with Gasteiger partial charge in [0.25, 0.3) is 5.91 Å². The minimum atomic E-state index is -0.217. The van der Waals surface area contributed by atoms with E-state index in [9.17, 15) is 4.79 Å². The van der Waals surface area contributed by atoms with Crippen LogP contribution in [0.15, 0.2) is 60.3 Å². The highest BCUT2D eigenvalue weighted by atomic mass is 32.1. The molecule has 0 aliphatic carbocycles. The van der Waals surface area contributed by atoms with Crippen LogP contribution in [0.3, 0.4) is 0 Å². The summed E-state index contributed by atoms with van der Waals surface area (Å²) in [5.41, 5.74) is 2.56. The Morgan fingerprint density at radius 3 is 2.61 bits per heavy atom. The number of amides is 1. The summed E-state index contributed by atoms with van der Waals surface area (Å²) in [5, 5.41) is 5.69. The molecule has 3 rings (SSSR count). The third-order valence-electron chi connectivity index (χ3n) is 3.39. The summed E-state index contributed by atoms with van der Waals surface area (Å²) < 4.78 is 5.79. The van der Waals surface area contributed by atoms with Crippen LogP contribution in [-0.4, -0.2) is 17.6 Å². The highest BCUT2D eigenvalue weighted by molar-refractivity contribution is 7.80. The second kappa shape index (κ2) is 7.07. The molecule has 1 saturated heterocycles. The molecule has 23 heavy (non-hydrogen) atoms. The zero-order chi connectivity index (χ0) is 16.1. The molecule has 2 aromatic rings. The largest absolute Gasteiger partial charge is 0.493 e. The lowest BCUT2D eigenvalue weighted by Crippen LogP contribution is -2.21. The molecule has 2 aromatic carbocycles. The summed E-state index contributed by atoms with van der Waals surface area (Å²) in [6.45, 7) is 0.604. The maximum absolute atomic E-state index is 11.6. The Morgan fingerprint density at radius 1 is 1.04 bits per heavy atom. The second-order valence-electron chi connectivity index (χ2n) is 5.12. The Bertz CT molecular complexity index is 757. The smallest absolute Gasteiger partial charge is 0.273 e. The lowest BCUT2D eigenvalue weighted by Gasteiger charge is -2.07. The molecular weight excluding hydrogens is 308 g/mol. The van der Waals surface area contributed by atoms with Gasteiger partial charge in [-0.1, -0.05) is 42.5 Å². The molecule has 1 fully saturated rings. The Labute approximate surface area is 140 Å². The van der Waals surface area contributed by atoms with Gasteiger partial charge in [0.1, 0.15) is 11.4 Å². The van der Waals surface area contributed by atoms with Gasteiger partial charge in [0.2, 0.25) is 0 Å². The summed E-state index contributed by atoms with van der Waals surface area (Å²) in [6.07, 6.45) is 2.60. The first-order valence-electron chi connectivity index (χ1n) is 7.31. The number of carbonyl (C=O) groups excluding carboxylic acids is 1. The van der Waals surface area contributed by atoms with Crippen LogP contribution in [0.5, 0.6) is 5.75 Å². The average Bonchev–Trinajstić information content (AvgIpc) is 2.86. The van der Waals surface area contributed by atoms with Crippen molar-refractivity contribution in [2.24, 2.45) is 0 Å². The van der Waals surface area contributed by atoms with Gasteiger partial charge in [0.05, 0.1) is 6.61 Å². The molecule has 0 bridgehead atoms. The van der Waals surface area contributed by atoms with E-state index in [1.807, 2.05) is 42.5 Å². The van der Waals surface area contributed by atoms with E-state index in [2.05, 4.69) is 22.8 Å². The number of rotatable bonds is 5. The highest BCUT2D eigenvalue weighted by Crippen LogP contribution is 2.16. The Kier molecular flexibility index (Phi) is 4.68. The molecule has 0 unspecified atom stereocenters. The van der Waals surface area contributed by atoms with Gasteiger partial charge < -0.3 is 10.1 Å². The summed E-state index contributed by atoms with van der Waals surface area (Å²) in [5.74, 6) is 0.557. The summed E-state index contributed by atoms with van der Waals surface area (Å²) >= 11 is 4.91. The summed E-state index contributed by atoms with van der Waals surface area (Å²) in [6, 6.07) is 17.8. The van der Waals surface area contributed by atoms with E-state index in [1.165, 1.54) is 5.56 Å². The van der Waals surface area contributed by atoms with Crippen molar-refractivity contribution in [3.05, 3.63) is 71.4 Å². The SMILES string of the molecule is O=C1NC(=S)N/C1=C/c1cccc(OCCc2ccccc2)c1. The van der Waals surface area contributed by atoms with Gasteiger partial charge in [-0.2, -0.15) is 0 Å². The predicted molar refractivity (Wildman–Crippen MR) is 93.9 cm³/mol. The quantitative estimate of drug-likeness (QED) is 0.656. The Hall–Kier alpha value is -2.66. The molecule has 2 N–H and O–H groups in total. The van der Waals surface area contributed by atoms with Crippen molar-refractivity contribution < 1.29 is 9.53 Å². The topological polar surface area (TPSA) is 50.4 Å². The van der Waals surface area contributed by atoms with Gasteiger partial charge in [-0.25, -0.2) is 0 Å². The molecule has 0 spiro atoms. The van der Waals surface area contributed by atoms with E-state index in [0.29, 0.717) is 17.4 Å². The molecule has 1 aliphatic rings. The third-order valence-corrected chi connectivity index (χ3v) is 3.60. The number of ether oxygens (including phenoxy) is 1. The maximum atomic E-state index is 11.6. The number of benzene rings is 2. The van der Waals surface area contributed by atoms with Crippen LogP contribution in [0, 0.1) is 0 Å². The van der Waals surface area contributed by atoms with E-state index in [1.54, 1.807) is 6.08 Å². The fourth-order valence-electron chi connectivity index (χ4n) is 2.27. The van der Waals surface area contributed by atoms with E-state index >= 15 is 0 Å². The van der Waals surface area contributed by atoms with Crippen molar-refractivity contribution >= 4 is 29.3 Å². The van der Waals surface area contributed by atoms with Crippen LogP contribution < -0.4 is 15.4 Å². The predicted octanol–water partition coefficient (Wildman–Crippen LogP) is 2.65. The number of hydrogen-bond donors (Lipinski definition) is 2. The summed E-state index contributed by atoms with van der Waals surface area (Å²) in [7, 11) is 0. The molecular formula is C18H16N2O2S. The highest BCUT2D eigenvalue weighted by Gasteiger charge is 2.19. The minimum absolute atomic E-state index is 0.217. The normalized spacial score (nSPS) is 15.4. The maximum Gasteiger partial charge on any atom is 0.273 e. The monoisotopic (exact) mass is 324 g/mol. The number of thiocarbonyl (C=S) groups is 1. The van der Waals surface area contributed by atoms with Crippen molar-refractivity contribution in [1.29, 1.82) is 0 Å². The molecule has 4 nitrogen and oxygen atoms in total. The van der Waals surface area contributed by atoms with E-state index in [0.717, 1.165) is 17.7 Å².